The van der Waals surface area contributed by atoms with E-state index in [1.54, 1.807) is 9.47 Å². The average Bonchev–Trinajstić information content (AvgIpc) is 2.92. The normalized spacial score (nSPS) is 10.8. The Labute approximate surface area is 147 Å². The first-order chi connectivity index (χ1) is 11.6. The van der Waals surface area contributed by atoms with Gasteiger partial charge < -0.3 is 10.0 Å². The molecule has 1 aromatic carbocycles. The van der Waals surface area contributed by atoms with E-state index in [1.807, 2.05) is 31.2 Å². The maximum atomic E-state index is 12.6. The van der Waals surface area contributed by atoms with E-state index in [2.05, 4.69) is 17.1 Å². The molecule has 0 unspecified atom stereocenters. The molecule has 1 aromatic heterocycles. The smallest absolute Gasteiger partial charge is 0.242 e. The Balaban J connectivity index is 2.24. The van der Waals surface area contributed by atoms with Crippen molar-refractivity contribution in [1.29, 1.82) is 0 Å². The van der Waals surface area contributed by atoms with Crippen LogP contribution in [0.25, 0.3) is 11.4 Å². The number of nitrogens with zero attached hydrogens (tertiary/aromatic N) is 3. The fraction of sp³-hybridized carbons (Fsp3) is 0.471. The predicted molar refractivity (Wildman–Crippen MR) is 96.2 cm³/mol. The number of nitrogens with one attached hydrogen (secondary N) is 1. The molecule has 7 heteroatoms. The Morgan fingerprint density at radius 1 is 1.42 bits per heavy atom. The number of aliphatic hydroxyl groups is 1. The first-order valence-corrected chi connectivity index (χ1v) is 8.58. The molecule has 0 spiro atoms. The second-order valence-corrected chi connectivity index (χ2v) is 6.15. The van der Waals surface area contributed by atoms with E-state index >= 15 is 0 Å². The largest absolute Gasteiger partial charge is 0.395 e. The van der Waals surface area contributed by atoms with Gasteiger partial charge in [-0.2, -0.15) is 5.10 Å². The molecule has 0 atom stereocenters. The zero-order valence-electron chi connectivity index (χ0n) is 14.2. The lowest BCUT2D eigenvalue weighted by Gasteiger charge is -2.22. The van der Waals surface area contributed by atoms with Gasteiger partial charge >= 0.3 is 0 Å². The van der Waals surface area contributed by atoms with E-state index in [0.29, 0.717) is 23.7 Å². The minimum Gasteiger partial charge on any atom is -0.395 e. The lowest BCUT2D eigenvalue weighted by atomic mass is 10.1. The van der Waals surface area contributed by atoms with Crippen LogP contribution in [0, 0.1) is 11.7 Å². The SMILES string of the molecule is CCCCN(CCO)C(=O)Cn1c(-c2cccc(C)c2)n[nH]c1=S. The van der Waals surface area contributed by atoms with Crippen molar-refractivity contribution in [2.24, 2.45) is 0 Å². The van der Waals surface area contributed by atoms with Crippen molar-refractivity contribution in [3.05, 3.63) is 34.6 Å². The molecule has 0 aliphatic carbocycles. The highest BCUT2D eigenvalue weighted by Crippen LogP contribution is 2.18. The zero-order valence-corrected chi connectivity index (χ0v) is 15.0. The molecule has 0 radical (unpaired) electrons. The molecular weight excluding hydrogens is 324 g/mol. The van der Waals surface area contributed by atoms with Gasteiger partial charge in [-0.05, 0) is 31.6 Å². The van der Waals surface area contributed by atoms with Gasteiger partial charge in [-0.15, -0.1) is 0 Å². The zero-order chi connectivity index (χ0) is 17.5. The van der Waals surface area contributed by atoms with E-state index in [4.69, 9.17) is 12.2 Å². The highest BCUT2D eigenvalue weighted by atomic mass is 32.1. The van der Waals surface area contributed by atoms with Crippen LogP contribution >= 0.6 is 12.2 Å². The summed E-state index contributed by atoms with van der Waals surface area (Å²) in [7, 11) is 0. The third-order valence-electron chi connectivity index (χ3n) is 3.83. The molecule has 0 aliphatic rings. The summed E-state index contributed by atoms with van der Waals surface area (Å²) < 4.78 is 2.13. The van der Waals surface area contributed by atoms with E-state index in [9.17, 15) is 9.90 Å². The van der Waals surface area contributed by atoms with Crippen LogP contribution in [0.5, 0.6) is 0 Å². The third kappa shape index (κ3) is 4.52. The van der Waals surface area contributed by atoms with Gasteiger partial charge in [0.2, 0.25) is 5.91 Å². The van der Waals surface area contributed by atoms with Crippen molar-refractivity contribution < 1.29 is 9.90 Å². The number of aromatic amines is 1. The molecule has 2 rings (SSSR count). The molecule has 0 saturated carbocycles. The molecule has 0 saturated heterocycles. The van der Waals surface area contributed by atoms with Crippen molar-refractivity contribution in [2.45, 2.75) is 33.2 Å². The summed E-state index contributed by atoms with van der Waals surface area (Å²) in [6, 6.07) is 7.91. The highest BCUT2D eigenvalue weighted by Gasteiger charge is 2.17. The maximum absolute atomic E-state index is 12.6. The molecule has 0 fully saturated rings. The topological polar surface area (TPSA) is 74.2 Å². The molecule has 0 bridgehead atoms. The number of aryl methyl sites for hydroxylation is 1. The number of benzene rings is 1. The Morgan fingerprint density at radius 3 is 2.88 bits per heavy atom. The van der Waals surface area contributed by atoms with Crippen molar-refractivity contribution >= 4 is 18.1 Å². The molecule has 2 N–H and O–H groups in total. The van der Waals surface area contributed by atoms with Gasteiger partial charge in [0.15, 0.2) is 10.6 Å². The number of H-pyrrole nitrogens is 1. The van der Waals surface area contributed by atoms with Crippen molar-refractivity contribution in [1.82, 2.24) is 19.7 Å². The molecule has 6 nitrogen and oxygen atoms in total. The van der Waals surface area contributed by atoms with Crippen LogP contribution in [0.1, 0.15) is 25.3 Å². The number of hydrogen-bond acceptors (Lipinski definition) is 4. The fourth-order valence-corrected chi connectivity index (χ4v) is 2.73. The quantitative estimate of drug-likeness (QED) is 0.719. The molecule has 2 aromatic rings. The Hall–Kier alpha value is -1.99. The van der Waals surface area contributed by atoms with Crippen LogP contribution in [0.2, 0.25) is 0 Å². The summed E-state index contributed by atoms with van der Waals surface area (Å²) in [5.74, 6) is 0.584. The number of carbonyl (C=O) groups is 1. The third-order valence-corrected chi connectivity index (χ3v) is 4.14. The Kier molecular flexibility index (Phi) is 6.69. The van der Waals surface area contributed by atoms with Gasteiger partial charge in [0.05, 0.1) is 6.61 Å². The fourth-order valence-electron chi connectivity index (χ4n) is 2.54. The molecular formula is C17H24N4O2S. The average molecular weight is 348 g/mol. The van der Waals surface area contributed by atoms with E-state index in [-0.39, 0.29) is 19.1 Å². The Morgan fingerprint density at radius 2 is 2.21 bits per heavy atom. The van der Waals surface area contributed by atoms with Crippen molar-refractivity contribution in [3.8, 4) is 11.4 Å². The van der Waals surface area contributed by atoms with Gasteiger partial charge in [-0.3, -0.25) is 14.5 Å². The summed E-state index contributed by atoms with van der Waals surface area (Å²) in [4.78, 5) is 14.3. The number of unbranched alkanes of at least 4 members (excludes halogenated alkanes) is 1. The summed E-state index contributed by atoms with van der Waals surface area (Å²) in [5, 5.41) is 16.2. The standard InChI is InChI=1S/C17H24N4O2S/c1-3-4-8-20(9-10-22)15(23)12-21-16(18-19-17(21)24)14-7-5-6-13(2)11-14/h5-7,11,22H,3-4,8-10,12H2,1-2H3,(H,19,24). The molecule has 1 amide bonds. The summed E-state index contributed by atoms with van der Waals surface area (Å²) in [6.45, 7) is 5.13. The van der Waals surface area contributed by atoms with Crippen LogP contribution < -0.4 is 0 Å². The number of aliphatic hydroxyl groups excluding tert-OH is 1. The van der Waals surface area contributed by atoms with E-state index in [0.717, 1.165) is 24.0 Å². The summed E-state index contributed by atoms with van der Waals surface area (Å²) >= 11 is 5.29. The van der Waals surface area contributed by atoms with E-state index in [1.165, 1.54) is 0 Å². The van der Waals surface area contributed by atoms with Gasteiger partial charge in [0, 0.05) is 18.7 Å². The Bertz CT molecular complexity index is 738. The summed E-state index contributed by atoms with van der Waals surface area (Å²) in [6.07, 6.45) is 1.90. The molecule has 24 heavy (non-hydrogen) atoms. The number of amides is 1. The minimum absolute atomic E-state index is 0.0447. The van der Waals surface area contributed by atoms with Crippen LogP contribution in [0.3, 0.4) is 0 Å². The van der Waals surface area contributed by atoms with Crippen molar-refractivity contribution in [2.75, 3.05) is 19.7 Å². The van der Waals surface area contributed by atoms with Crippen molar-refractivity contribution in [3.63, 3.8) is 0 Å². The molecule has 1 heterocycles. The van der Waals surface area contributed by atoms with Crippen LogP contribution in [-0.4, -0.2) is 50.4 Å². The maximum Gasteiger partial charge on any atom is 0.242 e. The highest BCUT2D eigenvalue weighted by molar-refractivity contribution is 7.71. The van der Waals surface area contributed by atoms with Gasteiger partial charge in [0.1, 0.15) is 6.54 Å². The number of rotatable bonds is 8. The monoisotopic (exact) mass is 348 g/mol. The lowest BCUT2D eigenvalue weighted by Crippen LogP contribution is -2.37. The summed E-state index contributed by atoms with van der Waals surface area (Å²) in [5.41, 5.74) is 2.03. The number of hydrogen-bond donors (Lipinski definition) is 2. The first-order valence-electron chi connectivity index (χ1n) is 8.17. The number of carbonyl (C=O) groups excluding carboxylic acids is 1. The number of aromatic nitrogens is 3. The lowest BCUT2D eigenvalue weighted by molar-refractivity contribution is -0.132. The van der Waals surface area contributed by atoms with Gasteiger partial charge in [-0.25, -0.2) is 0 Å². The second-order valence-electron chi connectivity index (χ2n) is 5.77. The van der Waals surface area contributed by atoms with Gasteiger partial charge in [0.25, 0.3) is 0 Å². The predicted octanol–water partition coefficient (Wildman–Crippen LogP) is 2.54. The van der Waals surface area contributed by atoms with E-state index < -0.39 is 0 Å². The minimum atomic E-state index is -0.0658. The van der Waals surface area contributed by atoms with Gasteiger partial charge in [-0.1, -0.05) is 37.1 Å². The van der Waals surface area contributed by atoms with Crippen LogP contribution in [0.4, 0.5) is 0 Å². The first kappa shape index (κ1) is 18.4. The van der Waals surface area contributed by atoms with Crippen LogP contribution in [-0.2, 0) is 11.3 Å². The second kappa shape index (κ2) is 8.75. The molecule has 130 valence electrons. The molecule has 0 aliphatic heterocycles. The van der Waals surface area contributed by atoms with Crippen LogP contribution in [0.15, 0.2) is 24.3 Å².